The van der Waals surface area contributed by atoms with Crippen molar-refractivity contribution < 1.29 is 58.4 Å². The molecule has 0 aliphatic carbocycles. The fraction of sp³-hybridized carbons (Fsp3) is 0.167. The van der Waals surface area contributed by atoms with Crippen LogP contribution in [0.3, 0.4) is 0 Å². The van der Waals surface area contributed by atoms with Crippen molar-refractivity contribution in [2.24, 2.45) is 0 Å². The molecule has 0 aromatic rings. The second-order valence-corrected chi connectivity index (χ2v) is 2.57. The number of carboxylic acid groups (broad SMARTS) is 1. The average molecular weight is 234 g/mol. The van der Waals surface area contributed by atoms with Crippen LogP contribution in [0.25, 0.3) is 0 Å². The van der Waals surface area contributed by atoms with Gasteiger partial charge in [0.15, 0.2) is 0 Å². The van der Waals surface area contributed by atoms with Crippen LogP contribution in [-0.2, 0) is 15.2 Å². The van der Waals surface area contributed by atoms with Gasteiger partial charge in [-0.2, -0.15) is 8.42 Å². The van der Waals surface area contributed by atoms with Crippen LogP contribution in [0, 0.1) is 0 Å². The number of allylic oxidation sites excluding steroid dienone is 3. The summed E-state index contributed by atoms with van der Waals surface area (Å²) in [7, 11) is -4.67. The molecule has 0 fully saturated rings. The molecule has 14 heavy (non-hydrogen) atoms. The predicted molar refractivity (Wildman–Crippen MR) is 46.9 cm³/mol. The molecule has 0 aliphatic rings. The SMILES string of the molecule is C/C=C/C=C/C(=O)O.O=S(=O)(O)O.[H-].[Na+]. The van der Waals surface area contributed by atoms with Gasteiger partial charge < -0.3 is 6.53 Å². The molecule has 0 bridgehead atoms. The summed E-state index contributed by atoms with van der Waals surface area (Å²) in [5.41, 5.74) is 0. The van der Waals surface area contributed by atoms with Crippen molar-refractivity contribution in [1.29, 1.82) is 0 Å². The van der Waals surface area contributed by atoms with E-state index < -0.39 is 16.4 Å². The molecule has 78 valence electrons. The summed E-state index contributed by atoms with van der Waals surface area (Å²) in [6, 6.07) is 0. The first-order valence-corrected chi connectivity index (χ1v) is 4.39. The summed E-state index contributed by atoms with van der Waals surface area (Å²) >= 11 is 0. The molecule has 0 spiro atoms. The Balaban J connectivity index is -0.0000000770. The minimum atomic E-state index is -4.67. The van der Waals surface area contributed by atoms with Crippen molar-refractivity contribution in [2.75, 3.05) is 0 Å². The molecule has 0 saturated carbocycles. The van der Waals surface area contributed by atoms with Crippen LogP contribution in [0.1, 0.15) is 8.35 Å². The van der Waals surface area contributed by atoms with Gasteiger partial charge in [-0.25, -0.2) is 4.79 Å². The van der Waals surface area contributed by atoms with Gasteiger partial charge in [0.05, 0.1) is 0 Å². The second kappa shape index (κ2) is 10.9. The zero-order valence-corrected chi connectivity index (χ0v) is 10.6. The molecule has 8 heteroatoms. The Bertz CT molecular complexity index is 289. The van der Waals surface area contributed by atoms with Gasteiger partial charge in [0.2, 0.25) is 0 Å². The van der Waals surface area contributed by atoms with E-state index in [4.69, 9.17) is 22.6 Å². The molecular weight excluding hydrogens is 223 g/mol. The summed E-state index contributed by atoms with van der Waals surface area (Å²) in [5, 5.41) is 8.02. The van der Waals surface area contributed by atoms with Gasteiger partial charge in [-0.1, -0.05) is 18.2 Å². The molecule has 0 rings (SSSR count). The van der Waals surface area contributed by atoms with E-state index in [-0.39, 0.29) is 31.0 Å². The zero-order valence-electron chi connectivity index (χ0n) is 8.78. The van der Waals surface area contributed by atoms with E-state index in [1.54, 1.807) is 12.2 Å². The van der Waals surface area contributed by atoms with Gasteiger partial charge in [0.1, 0.15) is 0 Å². The van der Waals surface area contributed by atoms with Crippen molar-refractivity contribution in [3.63, 3.8) is 0 Å². The Morgan fingerprint density at radius 2 is 1.64 bits per heavy atom. The molecule has 0 atom stereocenters. The number of hydrogen-bond donors (Lipinski definition) is 3. The Hall–Kier alpha value is -0.180. The summed E-state index contributed by atoms with van der Waals surface area (Å²) in [6.45, 7) is 1.83. The van der Waals surface area contributed by atoms with Crippen molar-refractivity contribution in [3.8, 4) is 0 Å². The molecule has 0 aromatic carbocycles. The van der Waals surface area contributed by atoms with Crippen molar-refractivity contribution in [3.05, 3.63) is 24.3 Å². The van der Waals surface area contributed by atoms with Gasteiger partial charge in [-0.05, 0) is 6.92 Å². The van der Waals surface area contributed by atoms with E-state index >= 15 is 0 Å². The Morgan fingerprint density at radius 3 is 1.86 bits per heavy atom. The first kappa shape index (κ1) is 19.4. The molecule has 6 nitrogen and oxygen atoms in total. The molecule has 0 aliphatic heterocycles. The summed E-state index contributed by atoms with van der Waals surface area (Å²) < 4.78 is 31.6. The van der Waals surface area contributed by atoms with Crippen LogP contribution >= 0.6 is 0 Å². The van der Waals surface area contributed by atoms with Crippen LogP contribution in [0.5, 0.6) is 0 Å². The predicted octanol–water partition coefficient (Wildman–Crippen LogP) is -2.33. The number of rotatable bonds is 2. The van der Waals surface area contributed by atoms with Gasteiger partial charge >= 0.3 is 45.9 Å². The number of aliphatic carboxylic acids is 1. The van der Waals surface area contributed by atoms with Crippen molar-refractivity contribution >= 4 is 16.4 Å². The number of carbonyl (C=O) groups is 1. The third kappa shape index (κ3) is 59.6. The maximum atomic E-state index is 9.75. The molecule has 0 aromatic heterocycles. The van der Waals surface area contributed by atoms with Crippen molar-refractivity contribution in [2.45, 2.75) is 6.92 Å². The van der Waals surface area contributed by atoms with E-state index in [1.165, 1.54) is 6.08 Å². The van der Waals surface area contributed by atoms with E-state index in [0.717, 1.165) is 6.08 Å². The van der Waals surface area contributed by atoms with E-state index in [1.807, 2.05) is 6.92 Å². The molecule has 0 radical (unpaired) electrons. The third-order valence-corrected chi connectivity index (χ3v) is 0.542. The summed E-state index contributed by atoms with van der Waals surface area (Å²) in [6.07, 6.45) is 5.98. The van der Waals surface area contributed by atoms with Crippen LogP contribution in [0.2, 0.25) is 0 Å². The van der Waals surface area contributed by atoms with Gasteiger partial charge in [-0.15, -0.1) is 0 Å². The molecular formula is C6H11NaO6S. The monoisotopic (exact) mass is 234 g/mol. The Morgan fingerprint density at radius 1 is 1.29 bits per heavy atom. The summed E-state index contributed by atoms with van der Waals surface area (Å²) in [4.78, 5) is 9.75. The first-order chi connectivity index (χ1) is 5.77. The van der Waals surface area contributed by atoms with E-state index in [0.29, 0.717) is 0 Å². The van der Waals surface area contributed by atoms with Crippen LogP contribution < -0.4 is 29.6 Å². The summed E-state index contributed by atoms with van der Waals surface area (Å²) in [5.74, 6) is -0.914. The van der Waals surface area contributed by atoms with Gasteiger partial charge in [0, 0.05) is 6.08 Å². The molecule has 0 heterocycles. The Labute approximate surface area is 106 Å². The quantitative estimate of drug-likeness (QED) is 0.214. The van der Waals surface area contributed by atoms with Gasteiger partial charge in [0.25, 0.3) is 0 Å². The third-order valence-electron chi connectivity index (χ3n) is 0.542. The van der Waals surface area contributed by atoms with E-state index in [2.05, 4.69) is 0 Å². The molecule has 3 N–H and O–H groups in total. The maximum absolute atomic E-state index is 9.75. The standard InChI is InChI=1S/C6H8O2.Na.H2O4S.H/c1-2-3-4-5-6(7)8;;1-5(2,3)4;/h2-5H,1H3,(H,7,8);;(H2,1,2,3,4);/q;+1;;-1/b3-2+,5-4+;;;. The van der Waals surface area contributed by atoms with Gasteiger partial charge in [-0.3, -0.25) is 9.11 Å². The number of carboxylic acids is 1. The maximum Gasteiger partial charge on any atom is 1.00 e. The van der Waals surface area contributed by atoms with E-state index in [9.17, 15) is 4.79 Å². The normalized spacial score (nSPS) is 10.5. The average Bonchev–Trinajstić information content (AvgIpc) is 1.83. The first-order valence-electron chi connectivity index (χ1n) is 2.99. The minimum Gasteiger partial charge on any atom is -1.00 e. The minimum absolute atomic E-state index is 0. The largest absolute Gasteiger partial charge is 1.00 e. The smallest absolute Gasteiger partial charge is 1.00 e. The fourth-order valence-electron chi connectivity index (χ4n) is 0.249. The fourth-order valence-corrected chi connectivity index (χ4v) is 0.249. The molecule has 0 saturated heterocycles. The number of hydrogen-bond acceptors (Lipinski definition) is 3. The Kier molecular flexibility index (Phi) is 15.1. The van der Waals surface area contributed by atoms with Crippen LogP contribution in [0.4, 0.5) is 0 Å². The second-order valence-electron chi connectivity index (χ2n) is 1.67. The van der Waals surface area contributed by atoms with Crippen LogP contribution in [0.15, 0.2) is 24.3 Å². The van der Waals surface area contributed by atoms with Crippen molar-refractivity contribution in [1.82, 2.24) is 0 Å². The zero-order chi connectivity index (χ0) is 10.9. The topological polar surface area (TPSA) is 112 Å². The molecule has 0 unspecified atom stereocenters. The van der Waals surface area contributed by atoms with Crippen LogP contribution in [-0.4, -0.2) is 28.6 Å². The molecule has 0 amide bonds.